The van der Waals surface area contributed by atoms with Crippen LogP contribution in [-0.4, -0.2) is 10.3 Å². The Morgan fingerprint density at radius 2 is 2.00 bits per heavy atom. The van der Waals surface area contributed by atoms with Gasteiger partial charge in [-0.15, -0.1) is 23.2 Å². The summed E-state index contributed by atoms with van der Waals surface area (Å²) in [6.45, 7) is 3.09. The number of halogens is 4. The van der Waals surface area contributed by atoms with Gasteiger partial charge < -0.3 is 4.74 Å². The zero-order valence-electron chi connectivity index (χ0n) is 10.3. The van der Waals surface area contributed by atoms with E-state index in [0.29, 0.717) is 6.42 Å². The van der Waals surface area contributed by atoms with Crippen molar-refractivity contribution in [1.29, 1.82) is 0 Å². The standard InChI is InChI=1S/C13H12Cl2F2O2/c1-7(9-4-3-8(16)5-10(9)17)19-11(18)12(2)6-13(12,14)15/h3-5,7H,6H2,1-2H3. The van der Waals surface area contributed by atoms with E-state index < -0.39 is 33.5 Å². The third-order valence-corrected chi connectivity index (χ3v) is 4.49. The molecule has 0 radical (unpaired) electrons. The van der Waals surface area contributed by atoms with E-state index in [1.807, 2.05) is 0 Å². The van der Waals surface area contributed by atoms with Crippen molar-refractivity contribution in [2.45, 2.75) is 30.7 Å². The molecular formula is C13H12Cl2F2O2. The first kappa shape index (κ1) is 14.5. The Bertz CT molecular complexity index is 533. The monoisotopic (exact) mass is 308 g/mol. The van der Waals surface area contributed by atoms with Crippen molar-refractivity contribution in [3.05, 3.63) is 35.4 Å². The van der Waals surface area contributed by atoms with E-state index in [9.17, 15) is 13.6 Å². The van der Waals surface area contributed by atoms with Gasteiger partial charge in [-0.3, -0.25) is 4.79 Å². The third kappa shape index (κ3) is 2.56. The van der Waals surface area contributed by atoms with E-state index in [1.54, 1.807) is 6.92 Å². The van der Waals surface area contributed by atoms with Crippen LogP contribution in [-0.2, 0) is 9.53 Å². The fourth-order valence-corrected chi connectivity index (χ4v) is 2.50. The quantitative estimate of drug-likeness (QED) is 0.619. The van der Waals surface area contributed by atoms with Crippen LogP contribution >= 0.6 is 23.2 Å². The van der Waals surface area contributed by atoms with Crippen LogP contribution in [0.15, 0.2) is 18.2 Å². The fraction of sp³-hybridized carbons (Fsp3) is 0.462. The molecule has 1 saturated carbocycles. The molecule has 6 heteroatoms. The molecule has 2 unspecified atom stereocenters. The van der Waals surface area contributed by atoms with E-state index in [4.69, 9.17) is 27.9 Å². The van der Waals surface area contributed by atoms with Crippen LogP contribution in [0, 0.1) is 17.0 Å². The summed E-state index contributed by atoms with van der Waals surface area (Å²) in [5, 5.41) is 0. The van der Waals surface area contributed by atoms with Gasteiger partial charge in [-0.1, -0.05) is 0 Å². The molecule has 2 atom stereocenters. The van der Waals surface area contributed by atoms with Crippen molar-refractivity contribution >= 4 is 29.2 Å². The number of carbonyl (C=O) groups is 1. The van der Waals surface area contributed by atoms with Crippen molar-refractivity contribution in [2.24, 2.45) is 5.41 Å². The predicted molar refractivity (Wildman–Crippen MR) is 68.0 cm³/mol. The lowest BCUT2D eigenvalue weighted by Gasteiger charge is -2.18. The first-order chi connectivity index (χ1) is 8.67. The molecule has 1 fully saturated rings. The summed E-state index contributed by atoms with van der Waals surface area (Å²) < 4.78 is 30.3. The van der Waals surface area contributed by atoms with Crippen molar-refractivity contribution in [3.8, 4) is 0 Å². The number of hydrogen-bond donors (Lipinski definition) is 0. The van der Waals surface area contributed by atoms with E-state index >= 15 is 0 Å². The van der Waals surface area contributed by atoms with Gasteiger partial charge in [0, 0.05) is 18.1 Å². The highest BCUT2D eigenvalue weighted by Gasteiger charge is 2.69. The zero-order valence-corrected chi connectivity index (χ0v) is 11.9. The number of rotatable bonds is 3. The normalized spacial score (nSPS) is 25.8. The first-order valence-electron chi connectivity index (χ1n) is 5.71. The molecule has 0 aliphatic heterocycles. The van der Waals surface area contributed by atoms with E-state index in [-0.39, 0.29) is 5.56 Å². The lowest BCUT2D eigenvalue weighted by Crippen LogP contribution is -2.23. The Morgan fingerprint density at radius 1 is 1.42 bits per heavy atom. The minimum atomic E-state index is -1.13. The van der Waals surface area contributed by atoms with Crippen molar-refractivity contribution in [1.82, 2.24) is 0 Å². The SMILES string of the molecule is CC(OC(=O)C1(C)CC1(Cl)Cl)c1ccc(F)cc1F. The molecule has 0 bridgehead atoms. The lowest BCUT2D eigenvalue weighted by molar-refractivity contribution is -0.154. The average molecular weight is 309 g/mol. The third-order valence-electron chi connectivity index (χ3n) is 3.39. The first-order valence-corrected chi connectivity index (χ1v) is 6.47. The van der Waals surface area contributed by atoms with Gasteiger partial charge in [0.05, 0.1) is 0 Å². The van der Waals surface area contributed by atoms with Gasteiger partial charge in [-0.2, -0.15) is 0 Å². The van der Waals surface area contributed by atoms with Gasteiger partial charge in [-0.25, -0.2) is 8.78 Å². The topological polar surface area (TPSA) is 26.3 Å². The van der Waals surface area contributed by atoms with E-state index in [1.165, 1.54) is 13.0 Å². The second-order valence-electron chi connectivity index (χ2n) is 4.93. The fourth-order valence-electron chi connectivity index (χ4n) is 1.81. The summed E-state index contributed by atoms with van der Waals surface area (Å²) in [5.41, 5.74) is -0.866. The largest absolute Gasteiger partial charge is 0.457 e. The van der Waals surface area contributed by atoms with Crippen LogP contribution in [0.3, 0.4) is 0 Å². The molecule has 1 aliphatic carbocycles. The van der Waals surface area contributed by atoms with Crippen molar-refractivity contribution < 1.29 is 18.3 Å². The molecule has 2 nitrogen and oxygen atoms in total. The highest BCUT2D eigenvalue weighted by Crippen LogP contribution is 2.64. The van der Waals surface area contributed by atoms with Gasteiger partial charge >= 0.3 is 5.97 Å². The van der Waals surface area contributed by atoms with Crippen LogP contribution in [0.4, 0.5) is 8.78 Å². The Morgan fingerprint density at radius 3 is 2.47 bits per heavy atom. The van der Waals surface area contributed by atoms with Crippen molar-refractivity contribution in [3.63, 3.8) is 0 Å². The number of ether oxygens (including phenoxy) is 1. The summed E-state index contributed by atoms with van der Waals surface area (Å²) in [5.74, 6) is -2.03. The number of carbonyl (C=O) groups excluding carboxylic acids is 1. The van der Waals surface area contributed by atoms with Gasteiger partial charge in [0.25, 0.3) is 0 Å². The maximum Gasteiger partial charge on any atom is 0.315 e. The zero-order chi connectivity index (χ0) is 14.4. The Hall–Kier alpha value is -0.870. The maximum atomic E-state index is 13.5. The van der Waals surface area contributed by atoms with Crippen LogP contribution in [0.25, 0.3) is 0 Å². The van der Waals surface area contributed by atoms with E-state index in [2.05, 4.69) is 0 Å². The minimum absolute atomic E-state index is 0.105. The molecular weight excluding hydrogens is 297 g/mol. The molecule has 1 aliphatic rings. The molecule has 0 spiro atoms. The van der Waals surface area contributed by atoms with Gasteiger partial charge in [0.1, 0.15) is 27.5 Å². The lowest BCUT2D eigenvalue weighted by atomic mass is 10.1. The molecule has 2 rings (SSSR count). The van der Waals surface area contributed by atoms with E-state index in [0.717, 1.165) is 12.1 Å². The molecule has 0 heterocycles. The summed E-state index contributed by atoms with van der Waals surface area (Å²) in [6.07, 6.45) is -0.546. The number of benzene rings is 1. The second-order valence-corrected chi connectivity index (χ2v) is 6.41. The number of hydrogen-bond acceptors (Lipinski definition) is 2. The average Bonchev–Trinajstić information content (AvgIpc) is 2.79. The molecule has 19 heavy (non-hydrogen) atoms. The maximum absolute atomic E-state index is 13.5. The van der Waals surface area contributed by atoms with Crippen LogP contribution in [0.2, 0.25) is 0 Å². The van der Waals surface area contributed by atoms with Crippen LogP contribution in [0.1, 0.15) is 31.9 Å². The summed E-state index contributed by atoms with van der Waals surface area (Å²) >= 11 is 11.7. The van der Waals surface area contributed by atoms with Crippen LogP contribution < -0.4 is 0 Å². The molecule has 0 aromatic heterocycles. The smallest absolute Gasteiger partial charge is 0.315 e. The molecule has 1 aromatic rings. The Labute approximate surface area is 119 Å². The highest BCUT2D eigenvalue weighted by molar-refractivity contribution is 6.53. The molecule has 104 valence electrons. The number of alkyl halides is 2. The molecule has 0 N–H and O–H groups in total. The van der Waals surface area contributed by atoms with Gasteiger partial charge in [-0.05, 0) is 26.0 Å². The number of esters is 1. The predicted octanol–water partition coefficient (Wildman–Crippen LogP) is 4.15. The molecule has 0 saturated heterocycles. The van der Waals surface area contributed by atoms with Gasteiger partial charge in [0.2, 0.25) is 0 Å². The summed E-state index contributed by atoms with van der Waals surface area (Å²) in [7, 11) is 0. The minimum Gasteiger partial charge on any atom is -0.457 e. The second kappa shape index (κ2) is 4.60. The summed E-state index contributed by atoms with van der Waals surface area (Å²) in [4.78, 5) is 11.9. The molecule has 1 aromatic carbocycles. The van der Waals surface area contributed by atoms with Gasteiger partial charge in [0.15, 0.2) is 0 Å². The van der Waals surface area contributed by atoms with Crippen molar-refractivity contribution in [2.75, 3.05) is 0 Å². The van der Waals surface area contributed by atoms with Crippen LogP contribution in [0.5, 0.6) is 0 Å². The Kier molecular flexibility index (Phi) is 3.52. The molecule has 0 amide bonds. The highest BCUT2D eigenvalue weighted by atomic mass is 35.5. The summed E-state index contributed by atoms with van der Waals surface area (Å²) in [6, 6.07) is 3.09. The Balaban J connectivity index is 2.10.